The number of aromatic nitrogens is 3. The Morgan fingerprint density at radius 3 is 2.43 bits per heavy atom. The zero-order valence-corrected chi connectivity index (χ0v) is 31.8. The highest BCUT2D eigenvalue weighted by Gasteiger charge is 2.72. The van der Waals surface area contributed by atoms with Crippen LogP contribution in [0.15, 0.2) is 18.0 Å². The molecule has 1 aromatic heterocycles. The van der Waals surface area contributed by atoms with Crippen LogP contribution in [0, 0.1) is 50.7 Å². The fraction of sp³-hybridized carbons (Fsp3) is 0.846. The molecule has 284 valence electrons. The third-order valence-corrected chi connectivity index (χ3v) is 16.1. The van der Waals surface area contributed by atoms with Crippen LogP contribution in [-0.4, -0.2) is 82.7 Å². The Kier molecular flexibility index (Phi) is 9.03. The second kappa shape index (κ2) is 12.5. The van der Waals surface area contributed by atoms with E-state index in [0.29, 0.717) is 58.2 Å². The Bertz CT molecular complexity index is 1560. The molecule has 12 nitrogen and oxygen atoms in total. The predicted molar refractivity (Wildman–Crippen MR) is 190 cm³/mol. The van der Waals surface area contributed by atoms with Crippen LogP contribution >= 0.6 is 0 Å². The molecule has 1 amide bonds. The third-order valence-electron chi connectivity index (χ3n) is 16.1. The SMILES string of the molecule is CC(C)[C@@H](C)[C@@]1(C)CC[C@]2(C)[C@H]3CC[C@@H]4[C@@]5(COC[C@@]4(C)[C@@H](OCC4(N)CCOCC4)[C@H](n4ncnc4C(N)=O)C5)C3=CC[C@]2(C)[C@@H]1OC(=O)O. The molecule has 0 unspecified atom stereocenters. The summed E-state index contributed by atoms with van der Waals surface area (Å²) in [5.41, 5.74) is 12.1. The summed E-state index contributed by atoms with van der Waals surface area (Å²) < 4.78 is 27.1. The van der Waals surface area contributed by atoms with Crippen LogP contribution in [-0.2, 0) is 18.9 Å². The molecular weight excluding hydrogens is 650 g/mol. The van der Waals surface area contributed by atoms with E-state index in [-0.39, 0.29) is 52.0 Å². The number of hydrogen-bond donors (Lipinski definition) is 3. The fourth-order valence-electron chi connectivity index (χ4n) is 12.7. The highest BCUT2D eigenvalue weighted by molar-refractivity contribution is 5.89. The Labute approximate surface area is 302 Å². The van der Waals surface area contributed by atoms with Crippen molar-refractivity contribution in [1.82, 2.24) is 14.8 Å². The minimum atomic E-state index is -1.19. The van der Waals surface area contributed by atoms with Crippen molar-refractivity contribution < 1.29 is 33.6 Å². The van der Waals surface area contributed by atoms with E-state index in [1.165, 1.54) is 11.9 Å². The van der Waals surface area contributed by atoms with Gasteiger partial charge in [0.2, 0.25) is 5.82 Å². The van der Waals surface area contributed by atoms with E-state index in [4.69, 9.17) is 30.4 Å². The normalized spacial score (nSPS) is 43.6. The minimum Gasteiger partial charge on any atom is -0.450 e. The van der Waals surface area contributed by atoms with Gasteiger partial charge in [0, 0.05) is 40.4 Å². The van der Waals surface area contributed by atoms with Gasteiger partial charge in [-0.15, -0.1) is 0 Å². The van der Waals surface area contributed by atoms with Crippen LogP contribution in [0.2, 0.25) is 0 Å². The van der Waals surface area contributed by atoms with Crippen molar-refractivity contribution in [3.63, 3.8) is 0 Å². The first-order valence-corrected chi connectivity index (χ1v) is 19.3. The monoisotopic (exact) mass is 711 g/mol. The van der Waals surface area contributed by atoms with Crippen LogP contribution in [0.1, 0.15) is 116 Å². The number of amides is 1. The van der Waals surface area contributed by atoms with Crippen molar-refractivity contribution in [2.75, 3.05) is 33.0 Å². The van der Waals surface area contributed by atoms with Gasteiger partial charge in [-0.05, 0) is 80.5 Å². The lowest BCUT2D eigenvalue weighted by Crippen LogP contribution is -2.70. The first-order chi connectivity index (χ1) is 24.0. The van der Waals surface area contributed by atoms with Crippen LogP contribution in [0.3, 0.4) is 0 Å². The van der Waals surface area contributed by atoms with Gasteiger partial charge >= 0.3 is 6.16 Å². The van der Waals surface area contributed by atoms with E-state index in [2.05, 4.69) is 64.6 Å². The van der Waals surface area contributed by atoms with Gasteiger partial charge in [0.15, 0.2) is 0 Å². The van der Waals surface area contributed by atoms with Crippen molar-refractivity contribution in [2.24, 2.45) is 62.2 Å². The molecule has 6 aliphatic rings. The molecule has 2 saturated heterocycles. The Hall–Kier alpha value is -2.54. The number of nitrogens with two attached hydrogens (primary N) is 2. The maximum atomic E-state index is 12.7. The van der Waals surface area contributed by atoms with Crippen molar-refractivity contribution in [2.45, 2.75) is 124 Å². The van der Waals surface area contributed by atoms with Gasteiger partial charge in [-0.1, -0.05) is 60.1 Å². The number of hydrogen-bond acceptors (Lipinski definition) is 9. The minimum absolute atomic E-state index is 0.128. The second-order valence-corrected chi connectivity index (χ2v) is 18.7. The summed E-state index contributed by atoms with van der Waals surface area (Å²) in [6.45, 7) is 18.7. The number of ether oxygens (including phenoxy) is 4. The number of rotatable bonds is 8. The second-order valence-electron chi connectivity index (χ2n) is 18.7. The van der Waals surface area contributed by atoms with Gasteiger partial charge in [0.05, 0.1) is 32.0 Å². The fourth-order valence-corrected chi connectivity index (χ4v) is 12.7. The molecule has 12 heteroatoms. The Morgan fingerprint density at radius 1 is 1.04 bits per heavy atom. The number of fused-ring (bicyclic) bond motifs is 3. The summed E-state index contributed by atoms with van der Waals surface area (Å²) >= 11 is 0. The molecule has 1 aromatic rings. The van der Waals surface area contributed by atoms with Crippen LogP contribution in [0.5, 0.6) is 0 Å². The Morgan fingerprint density at radius 2 is 1.76 bits per heavy atom. The lowest BCUT2D eigenvalue weighted by atomic mass is 9.35. The van der Waals surface area contributed by atoms with Crippen LogP contribution < -0.4 is 11.5 Å². The molecule has 0 spiro atoms. The van der Waals surface area contributed by atoms with Crippen molar-refractivity contribution in [1.29, 1.82) is 0 Å². The van der Waals surface area contributed by atoms with Crippen LogP contribution in [0.25, 0.3) is 0 Å². The first-order valence-electron chi connectivity index (χ1n) is 19.3. The van der Waals surface area contributed by atoms with Crippen molar-refractivity contribution in [3.05, 3.63) is 23.8 Å². The highest BCUT2D eigenvalue weighted by Crippen LogP contribution is 2.74. The number of carboxylic acid groups (broad SMARTS) is 1. The topological polar surface area (TPSA) is 174 Å². The molecule has 0 aromatic carbocycles. The summed E-state index contributed by atoms with van der Waals surface area (Å²) in [6.07, 6.45) is 8.57. The summed E-state index contributed by atoms with van der Waals surface area (Å²) in [7, 11) is 0. The van der Waals surface area contributed by atoms with Crippen molar-refractivity contribution >= 4 is 12.1 Å². The maximum Gasteiger partial charge on any atom is 0.506 e. The summed E-state index contributed by atoms with van der Waals surface area (Å²) in [5.74, 6) is 0.660. The van der Waals surface area contributed by atoms with Gasteiger partial charge in [-0.25, -0.2) is 14.5 Å². The van der Waals surface area contributed by atoms with Gasteiger partial charge in [0.25, 0.3) is 5.91 Å². The largest absolute Gasteiger partial charge is 0.506 e. The predicted octanol–water partition coefficient (Wildman–Crippen LogP) is 5.76. The summed E-state index contributed by atoms with van der Waals surface area (Å²) in [5, 5.41) is 14.8. The molecule has 2 aliphatic heterocycles. The van der Waals surface area contributed by atoms with Gasteiger partial charge in [-0.3, -0.25) is 4.79 Å². The van der Waals surface area contributed by atoms with Gasteiger partial charge < -0.3 is 35.5 Å². The van der Waals surface area contributed by atoms with Gasteiger partial charge in [0.1, 0.15) is 12.4 Å². The molecular formula is C39H61N5O7. The average Bonchev–Trinajstić information content (AvgIpc) is 3.57. The van der Waals surface area contributed by atoms with E-state index in [9.17, 15) is 14.7 Å². The van der Waals surface area contributed by atoms with Crippen molar-refractivity contribution in [3.8, 4) is 0 Å². The van der Waals surface area contributed by atoms with E-state index < -0.39 is 34.5 Å². The smallest absolute Gasteiger partial charge is 0.450 e. The lowest BCUT2D eigenvalue weighted by Gasteiger charge is -2.71. The number of carbonyl (C=O) groups is 2. The molecule has 4 aliphatic carbocycles. The maximum absolute atomic E-state index is 12.7. The molecule has 5 N–H and O–H groups in total. The van der Waals surface area contributed by atoms with E-state index in [0.717, 1.165) is 32.1 Å². The first kappa shape index (κ1) is 36.8. The number of allylic oxidation sites excluding steroid dienone is 1. The van der Waals surface area contributed by atoms with Crippen LogP contribution in [0.4, 0.5) is 4.79 Å². The van der Waals surface area contributed by atoms with E-state index in [1.807, 2.05) is 0 Å². The molecule has 5 fully saturated rings. The average molecular weight is 712 g/mol. The molecule has 3 heterocycles. The van der Waals surface area contributed by atoms with E-state index in [1.54, 1.807) is 4.68 Å². The van der Waals surface area contributed by atoms with E-state index >= 15 is 0 Å². The zero-order valence-electron chi connectivity index (χ0n) is 31.8. The lowest BCUT2D eigenvalue weighted by molar-refractivity contribution is -0.257. The molecule has 3 saturated carbocycles. The molecule has 2 bridgehead atoms. The third kappa shape index (κ3) is 5.35. The standard InChI is InChI=1S/C39H61N5O7/c1-23(2)24(3)34(4)12-13-36(6)25-8-9-28-35(5)19-49-21-39(28,26(25)10-11-37(36,7)32(34)51-33(46)47)18-27(44-31(30(40)45)42-22-43-44)29(35)50-20-38(41)14-16-48-17-15-38/h10,22-25,27-29,32H,8-9,11-21,41H2,1-7H3,(H2,40,45)(H,46,47)/t24-,25+,27-,28+,29+,32-,34-,35-,36-,37-,39+/m1/s1. The molecule has 11 atom stereocenters. The molecule has 51 heavy (non-hydrogen) atoms. The quantitative estimate of drug-likeness (QED) is 0.222. The highest BCUT2D eigenvalue weighted by atomic mass is 16.7. The Balaban J connectivity index is 1.32. The molecule has 0 radical (unpaired) electrons. The molecule has 7 rings (SSSR count). The number of primary amides is 1. The summed E-state index contributed by atoms with van der Waals surface area (Å²) in [4.78, 5) is 29.5. The van der Waals surface area contributed by atoms with Gasteiger partial charge in [-0.2, -0.15) is 5.10 Å². The summed E-state index contributed by atoms with van der Waals surface area (Å²) in [6, 6.07) is -0.325. The number of nitrogens with zero attached hydrogens (tertiary/aromatic N) is 3. The zero-order chi connectivity index (χ0) is 36.8. The number of carbonyl (C=O) groups excluding carboxylic acids is 1.